The van der Waals surface area contributed by atoms with Gasteiger partial charge >= 0.3 is 0 Å². The SMILES string of the molecule is COc1ccc2c(c1)/C(=C/C(=O)c1ccc(NC(=O)c3cc(F)c(Cl)cc3Cl)cc1)NC(C)(C)C2. The van der Waals surface area contributed by atoms with Crippen LogP contribution in [0.2, 0.25) is 10.0 Å². The van der Waals surface area contributed by atoms with Crippen LogP contribution in [-0.4, -0.2) is 24.3 Å². The van der Waals surface area contributed by atoms with E-state index in [4.69, 9.17) is 27.9 Å². The van der Waals surface area contributed by atoms with Gasteiger partial charge in [-0.15, -0.1) is 0 Å². The molecule has 1 amide bonds. The maximum absolute atomic E-state index is 13.7. The van der Waals surface area contributed by atoms with Crippen molar-refractivity contribution in [2.75, 3.05) is 12.4 Å². The highest BCUT2D eigenvalue weighted by Gasteiger charge is 2.28. The van der Waals surface area contributed by atoms with Gasteiger partial charge in [-0.05, 0) is 74.4 Å². The van der Waals surface area contributed by atoms with Crippen LogP contribution in [0, 0.1) is 5.82 Å². The Morgan fingerprint density at radius 3 is 2.46 bits per heavy atom. The van der Waals surface area contributed by atoms with Crippen molar-refractivity contribution in [3.8, 4) is 5.75 Å². The van der Waals surface area contributed by atoms with Crippen molar-refractivity contribution in [1.29, 1.82) is 0 Å². The first-order valence-electron chi connectivity index (χ1n) is 10.8. The molecule has 0 unspecified atom stereocenters. The topological polar surface area (TPSA) is 67.4 Å². The molecule has 0 spiro atoms. The van der Waals surface area contributed by atoms with Gasteiger partial charge in [-0.3, -0.25) is 9.59 Å². The molecule has 0 saturated carbocycles. The Labute approximate surface area is 212 Å². The van der Waals surface area contributed by atoms with Gasteiger partial charge in [-0.2, -0.15) is 0 Å². The summed E-state index contributed by atoms with van der Waals surface area (Å²) in [6.07, 6.45) is 2.39. The van der Waals surface area contributed by atoms with E-state index in [-0.39, 0.29) is 26.9 Å². The van der Waals surface area contributed by atoms with E-state index in [9.17, 15) is 14.0 Å². The van der Waals surface area contributed by atoms with Crippen molar-refractivity contribution in [2.24, 2.45) is 0 Å². The number of carbonyl (C=O) groups excluding carboxylic acids is 2. The van der Waals surface area contributed by atoms with E-state index in [1.165, 1.54) is 6.07 Å². The highest BCUT2D eigenvalue weighted by Crippen LogP contribution is 2.32. The number of rotatable bonds is 5. The molecule has 35 heavy (non-hydrogen) atoms. The van der Waals surface area contributed by atoms with Crippen molar-refractivity contribution in [3.05, 3.63) is 98.8 Å². The van der Waals surface area contributed by atoms with Crippen LogP contribution < -0.4 is 15.4 Å². The molecule has 0 radical (unpaired) electrons. The number of hydrogen-bond donors (Lipinski definition) is 2. The zero-order valence-electron chi connectivity index (χ0n) is 19.3. The summed E-state index contributed by atoms with van der Waals surface area (Å²) in [4.78, 5) is 25.6. The fourth-order valence-electron chi connectivity index (χ4n) is 3.98. The highest BCUT2D eigenvalue weighted by atomic mass is 35.5. The quantitative estimate of drug-likeness (QED) is 0.231. The van der Waals surface area contributed by atoms with Gasteiger partial charge in [0.15, 0.2) is 5.78 Å². The molecular weight excluding hydrogens is 490 g/mol. The number of carbonyl (C=O) groups is 2. The van der Waals surface area contributed by atoms with Crippen LogP contribution in [0.15, 0.2) is 60.7 Å². The Morgan fingerprint density at radius 1 is 1.06 bits per heavy atom. The Balaban J connectivity index is 1.55. The van der Waals surface area contributed by atoms with Crippen molar-refractivity contribution in [2.45, 2.75) is 25.8 Å². The van der Waals surface area contributed by atoms with Crippen LogP contribution in [0.1, 0.15) is 45.7 Å². The first-order valence-corrected chi connectivity index (χ1v) is 11.6. The first-order chi connectivity index (χ1) is 16.6. The van der Waals surface area contributed by atoms with Gasteiger partial charge in [0.05, 0.1) is 22.7 Å². The summed E-state index contributed by atoms with van der Waals surface area (Å²) < 4.78 is 19.1. The molecule has 1 aliphatic heterocycles. The molecule has 0 atom stereocenters. The number of ketones is 1. The van der Waals surface area contributed by atoms with Gasteiger partial charge in [0.25, 0.3) is 5.91 Å². The lowest BCUT2D eigenvalue weighted by atomic mass is 9.85. The molecule has 4 rings (SSSR count). The molecule has 0 bridgehead atoms. The third-order valence-electron chi connectivity index (χ3n) is 5.67. The number of allylic oxidation sites excluding steroid dienone is 1. The summed E-state index contributed by atoms with van der Waals surface area (Å²) in [5.41, 5.74) is 3.38. The molecule has 0 fully saturated rings. The second kappa shape index (κ2) is 9.72. The van der Waals surface area contributed by atoms with Crippen LogP contribution in [0.4, 0.5) is 10.1 Å². The molecule has 0 aromatic heterocycles. The van der Waals surface area contributed by atoms with E-state index in [0.29, 0.717) is 17.0 Å². The van der Waals surface area contributed by atoms with E-state index >= 15 is 0 Å². The fraction of sp³-hybridized carbons (Fsp3) is 0.185. The number of halogens is 3. The Bertz CT molecular complexity index is 1350. The summed E-state index contributed by atoms with van der Waals surface area (Å²) in [7, 11) is 1.61. The van der Waals surface area contributed by atoms with Gasteiger partial charge < -0.3 is 15.4 Å². The maximum atomic E-state index is 13.7. The van der Waals surface area contributed by atoms with Crippen molar-refractivity contribution in [3.63, 3.8) is 0 Å². The van der Waals surface area contributed by atoms with Gasteiger partial charge in [0.1, 0.15) is 11.6 Å². The first kappa shape index (κ1) is 24.8. The number of nitrogens with one attached hydrogen (secondary N) is 2. The molecule has 180 valence electrons. The molecule has 3 aromatic carbocycles. The predicted molar refractivity (Wildman–Crippen MR) is 137 cm³/mol. The Hall–Kier alpha value is -3.35. The van der Waals surface area contributed by atoms with Crippen LogP contribution in [0.3, 0.4) is 0 Å². The number of anilines is 1. The van der Waals surface area contributed by atoms with Crippen molar-refractivity contribution >= 4 is 46.3 Å². The molecule has 1 heterocycles. The predicted octanol–water partition coefficient (Wildman–Crippen LogP) is 6.54. The minimum absolute atomic E-state index is 0.0344. The third kappa shape index (κ3) is 5.50. The number of hydrogen-bond acceptors (Lipinski definition) is 4. The minimum atomic E-state index is -0.742. The monoisotopic (exact) mass is 512 g/mol. The van der Waals surface area contributed by atoms with Gasteiger partial charge in [0, 0.05) is 34.1 Å². The molecule has 8 heteroatoms. The normalized spacial score (nSPS) is 15.2. The van der Waals surface area contributed by atoms with Crippen molar-refractivity contribution in [1.82, 2.24) is 5.32 Å². The lowest BCUT2D eigenvalue weighted by Gasteiger charge is -2.35. The Kier molecular flexibility index (Phi) is 6.88. The van der Waals surface area contributed by atoms with E-state index < -0.39 is 11.7 Å². The smallest absolute Gasteiger partial charge is 0.257 e. The molecule has 1 aliphatic rings. The molecule has 3 aromatic rings. The fourth-order valence-corrected chi connectivity index (χ4v) is 4.45. The van der Waals surface area contributed by atoms with E-state index in [1.54, 1.807) is 37.5 Å². The average Bonchev–Trinajstić information content (AvgIpc) is 2.81. The molecular formula is C27H23Cl2FN2O3. The average molecular weight is 513 g/mol. The number of amides is 1. The number of benzene rings is 3. The minimum Gasteiger partial charge on any atom is -0.497 e. The van der Waals surface area contributed by atoms with Crippen LogP contribution in [-0.2, 0) is 6.42 Å². The second-order valence-electron chi connectivity index (χ2n) is 8.91. The lowest BCUT2D eigenvalue weighted by molar-refractivity contribution is 0.102. The zero-order valence-corrected chi connectivity index (χ0v) is 20.9. The standard InChI is InChI=1S/C27H23Cl2FN2O3/c1-27(2)14-16-6-9-18(35-3)10-19(16)24(32-27)13-25(33)15-4-7-17(8-5-15)31-26(34)20-11-23(30)22(29)12-21(20)28/h4-13,32H,14H2,1-3H3,(H,31,34)/b24-13-. The molecule has 5 nitrogen and oxygen atoms in total. The van der Waals surface area contributed by atoms with Crippen molar-refractivity contribution < 1.29 is 18.7 Å². The molecule has 0 saturated heterocycles. The maximum Gasteiger partial charge on any atom is 0.257 e. The summed E-state index contributed by atoms with van der Waals surface area (Å²) in [5, 5.41) is 5.96. The largest absolute Gasteiger partial charge is 0.497 e. The lowest BCUT2D eigenvalue weighted by Crippen LogP contribution is -2.43. The Morgan fingerprint density at radius 2 is 1.77 bits per heavy atom. The summed E-state index contributed by atoms with van der Waals surface area (Å²) in [6, 6.07) is 14.4. The van der Waals surface area contributed by atoms with E-state index in [2.05, 4.69) is 24.5 Å². The van der Waals surface area contributed by atoms with Crippen LogP contribution in [0.5, 0.6) is 5.75 Å². The molecule has 2 N–H and O–H groups in total. The summed E-state index contributed by atoms with van der Waals surface area (Å²) >= 11 is 11.7. The highest BCUT2D eigenvalue weighted by molar-refractivity contribution is 6.37. The zero-order chi connectivity index (χ0) is 25.3. The van der Waals surface area contributed by atoms with E-state index in [0.717, 1.165) is 29.3 Å². The summed E-state index contributed by atoms with van der Waals surface area (Å²) in [5.74, 6) is -0.816. The third-order valence-corrected chi connectivity index (χ3v) is 6.27. The summed E-state index contributed by atoms with van der Waals surface area (Å²) in [6.45, 7) is 4.16. The van der Waals surface area contributed by atoms with Crippen LogP contribution >= 0.6 is 23.2 Å². The van der Waals surface area contributed by atoms with Gasteiger partial charge in [0.2, 0.25) is 0 Å². The number of ether oxygens (including phenoxy) is 1. The van der Waals surface area contributed by atoms with E-state index in [1.807, 2.05) is 18.2 Å². The second-order valence-corrected chi connectivity index (χ2v) is 9.72. The number of fused-ring (bicyclic) bond motifs is 1. The number of methoxy groups -OCH3 is 1. The molecule has 0 aliphatic carbocycles. The van der Waals surface area contributed by atoms with Crippen LogP contribution in [0.25, 0.3) is 5.70 Å². The van der Waals surface area contributed by atoms with Gasteiger partial charge in [-0.25, -0.2) is 4.39 Å². The van der Waals surface area contributed by atoms with Gasteiger partial charge in [-0.1, -0.05) is 29.3 Å².